The molecule has 1 N–H and O–H groups in total. The quantitative estimate of drug-likeness (QED) is 0.675. The summed E-state index contributed by atoms with van der Waals surface area (Å²) in [5.41, 5.74) is -0.0980. The summed E-state index contributed by atoms with van der Waals surface area (Å²) < 4.78 is 45.1. The number of esters is 1. The Morgan fingerprint density at radius 3 is 2.19 bits per heavy atom. The predicted molar refractivity (Wildman–Crippen MR) is 113 cm³/mol. The minimum Gasteiger partial charge on any atom is -0.495 e. The number of rotatable bonds is 5. The van der Waals surface area contributed by atoms with Gasteiger partial charge in [-0.3, -0.25) is 4.72 Å². The molecule has 172 valence electrons. The fourth-order valence-corrected chi connectivity index (χ4v) is 5.20. The highest BCUT2D eigenvalue weighted by Crippen LogP contribution is 2.34. The van der Waals surface area contributed by atoms with E-state index in [9.17, 15) is 18.0 Å². The summed E-state index contributed by atoms with van der Waals surface area (Å²) in [5.74, 6) is -0.239. The van der Waals surface area contributed by atoms with Crippen LogP contribution >= 0.6 is 0 Å². The molecule has 11 heteroatoms. The molecule has 2 atom stereocenters. The zero-order valence-electron chi connectivity index (χ0n) is 18.4. The molecule has 2 aliphatic heterocycles. The molecular formula is C20H29N3O7S. The van der Waals surface area contributed by atoms with Crippen LogP contribution in [0.1, 0.15) is 31.1 Å². The first-order chi connectivity index (χ1) is 14.4. The van der Waals surface area contributed by atoms with E-state index in [1.807, 2.05) is 20.8 Å². The van der Waals surface area contributed by atoms with E-state index >= 15 is 0 Å². The van der Waals surface area contributed by atoms with Crippen LogP contribution in [0.15, 0.2) is 18.2 Å². The molecule has 0 unspecified atom stereocenters. The summed E-state index contributed by atoms with van der Waals surface area (Å²) in [7, 11) is -1.19. The fourth-order valence-electron chi connectivity index (χ4n) is 3.85. The lowest BCUT2D eigenvalue weighted by molar-refractivity contribution is 0.0278. The number of carbonyl (C=O) groups is 2. The van der Waals surface area contributed by atoms with Crippen molar-refractivity contribution in [2.75, 3.05) is 45.1 Å². The van der Waals surface area contributed by atoms with E-state index in [0.29, 0.717) is 26.2 Å². The van der Waals surface area contributed by atoms with E-state index in [0.717, 1.165) is 0 Å². The van der Waals surface area contributed by atoms with Crippen molar-refractivity contribution < 1.29 is 32.2 Å². The number of benzene rings is 1. The highest BCUT2D eigenvalue weighted by atomic mass is 32.2. The van der Waals surface area contributed by atoms with E-state index in [1.165, 1.54) is 36.7 Å². The Hall–Kier alpha value is -2.53. The summed E-state index contributed by atoms with van der Waals surface area (Å²) in [5, 5.41) is 0. The van der Waals surface area contributed by atoms with E-state index in [1.54, 1.807) is 4.90 Å². The van der Waals surface area contributed by atoms with Gasteiger partial charge in [0, 0.05) is 26.2 Å². The van der Waals surface area contributed by atoms with E-state index in [2.05, 4.69) is 9.46 Å². The maximum Gasteiger partial charge on any atom is 0.410 e. The number of nitrogens with one attached hydrogen (secondary N) is 1. The molecule has 1 amide bonds. The molecule has 3 rings (SSSR count). The van der Waals surface area contributed by atoms with Gasteiger partial charge in [0.2, 0.25) is 0 Å². The molecule has 2 aliphatic rings. The minimum atomic E-state index is -3.84. The Morgan fingerprint density at radius 2 is 1.68 bits per heavy atom. The van der Waals surface area contributed by atoms with E-state index in [4.69, 9.17) is 9.47 Å². The van der Waals surface area contributed by atoms with Gasteiger partial charge >= 0.3 is 22.3 Å². The van der Waals surface area contributed by atoms with Crippen LogP contribution in [-0.4, -0.2) is 75.7 Å². The van der Waals surface area contributed by atoms with Crippen molar-refractivity contribution in [3.05, 3.63) is 23.8 Å². The molecule has 0 saturated carbocycles. The number of fused-ring (bicyclic) bond motifs is 1. The number of amides is 1. The molecule has 0 bridgehead atoms. The van der Waals surface area contributed by atoms with Crippen molar-refractivity contribution in [3.63, 3.8) is 0 Å². The maximum absolute atomic E-state index is 12.9. The Kier molecular flexibility index (Phi) is 6.38. The molecule has 0 radical (unpaired) electrons. The van der Waals surface area contributed by atoms with Crippen LogP contribution in [0.4, 0.5) is 10.5 Å². The first-order valence-corrected chi connectivity index (χ1v) is 11.4. The molecule has 1 aromatic carbocycles. The molecule has 2 saturated heterocycles. The first-order valence-electron chi connectivity index (χ1n) is 9.95. The highest BCUT2D eigenvalue weighted by molar-refractivity contribution is 7.90. The third kappa shape index (κ3) is 5.21. The number of likely N-dealkylation sites (tertiary alicyclic amines) is 1. The number of methoxy groups -OCH3 is 2. The summed E-state index contributed by atoms with van der Waals surface area (Å²) in [6, 6.07) is 4.34. The molecule has 0 aliphatic carbocycles. The molecule has 0 spiro atoms. The molecular weight excluding hydrogens is 426 g/mol. The average Bonchev–Trinajstić information content (AvgIpc) is 3.26. The number of carbonyl (C=O) groups excluding carboxylic acids is 2. The van der Waals surface area contributed by atoms with E-state index < -0.39 is 21.8 Å². The molecule has 10 nitrogen and oxygen atoms in total. The van der Waals surface area contributed by atoms with Crippen molar-refractivity contribution in [3.8, 4) is 5.75 Å². The third-order valence-corrected chi connectivity index (χ3v) is 6.76. The second-order valence-electron chi connectivity index (χ2n) is 8.74. The number of hydrogen-bond donors (Lipinski definition) is 1. The van der Waals surface area contributed by atoms with Gasteiger partial charge < -0.3 is 19.1 Å². The molecule has 2 heterocycles. The van der Waals surface area contributed by atoms with Gasteiger partial charge in [0.05, 0.1) is 25.5 Å². The molecule has 0 aromatic heterocycles. The second kappa shape index (κ2) is 8.54. The SMILES string of the molecule is COC(=O)c1ccc(NS(=O)(=O)N2C[C@H]3CN(C(=O)OC(C)(C)C)C[C@H]3C2)c(OC)c1. The number of anilines is 1. The highest BCUT2D eigenvalue weighted by Gasteiger charge is 2.46. The van der Waals surface area contributed by atoms with Crippen LogP contribution in [0, 0.1) is 11.8 Å². The van der Waals surface area contributed by atoms with Gasteiger partial charge in [-0.1, -0.05) is 0 Å². The summed E-state index contributed by atoms with van der Waals surface area (Å²) in [4.78, 5) is 25.6. The summed E-state index contributed by atoms with van der Waals surface area (Å²) in [6.07, 6.45) is -0.370. The van der Waals surface area contributed by atoms with Gasteiger partial charge in [-0.25, -0.2) is 9.59 Å². The topological polar surface area (TPSA) is 114 Å². The van der Waals surface area contributed by atoms with Gasteiger partial charge in [-0.05, 0) is 50.8 Å². The van der Waals surface area contributed by atoms with Crippen molar-refractivity contribution in [2.45, 2.75) is 26.4 Å². The van der Waals surface area contributed by atoms with Gasteiger partial charge in [0.1, 0.15) is 11.4 Å². The molecule has 2 fully saturated rings. The van der Waals surface area contributed by atoms with Gasteiger partial charge in [-0.2, -0.15) is 12.7 Å². The van der Waals surface area contributed by atoms with Gasteiger partial charge in [-0.15, -0.1) is 0 Å². The van der Waals surface area contributed by atoms with Crippen molar-refractivity contribution in [1.29, 1.82) is 0 Å². The predicted octanol–water partition coefficient (Wildman–Crippen LogP) is 1.94. The van der Waals surface area contributed by atoms with Gasteiger partial charge in [0.15, 0.2) is 0 Å². The van der Waals surface area contributed by atoms with Crippen molar-refractivity contribution >= 4 is 28.0 Å². The Balaban J connectivity index is 1.65. The number of hydrogen-bond acceptors (Lipinski definition) is 7. The van der Waals surface area contributed by atoms with Gasteiger partial charge in [0.25, 0.3) is 0 Å². The minimum absolute atomic E-state index is 0.0488. The third-order valence-electron chi connectivity index (χ3n) is 5.31. The zero-order valence-corrected chi connectivity index (χ0v) is 19.2. The standard InChI is InChI=1S/C20H29N3O7S/c1-20(2,3)30-19(25)22-9-14-11-23(12-15(14)10-22)31(26,27)21-16-7-6-13(18(24)29-5)8-17(16)28-4/h6-8,14-15,21H,9-12H2,1-5H3/t14-,15+. The van der Waals surface area contributed by atoms with Crippen LogP contribution in [-0.2, 0) is 19.7 Å². The Labute approximate surface area is 182 Å². The second-order valence-corrected chi connectivity index (χ2v) is 10.4. The zero-order chi connectivity index (χ0) is 23.0. The first kappa shape index (κ1) is 23.1. The largest absolute Gasteiger partial charge is 0.495 e. The summed E-state index contributed by atoms with van der Waals surface area (Å²) >= 11 is 0. The Bertz CT molecular complexity index is 944. The number of ether oxygens (including phenoxy) is 3. The lowest BCUT2D eigenvalue weighted by atomic mass is 10.0. The Morgan fingerprint density at radius 1 is 1.06 bits per heavy atom. The maximum atomic E-state index is 12.9. The van der Waals surface area contributed by atoms with Crippen LogP contribution in [0.2, 0.25) is 0 Å². The monoisotopic (exact) mass is 455 g/mol. The average molecular weight is 456 g/mol. The van der Waals surface area contributed by atoms with Crippen LogP contribution in [0.3, 0.4) is 0 Å². The normalized spacial score (nSPS) is 21.5. The van der Waals surface area contributed by atoms with Crippen molar-refractivity contribution in [1.82, 2.24) is 9.21 Å². The van der Waals surface area contributed by atoms with Crippen LogP contribution in [0.5, 0.6) is 5.75 Å². The fraction of sp³-hybridized carbons (Fsp3) is 0.600. The number of nitrogens with zero attached hydrogens (tertiary/aromatic N) is 2. The lowest BCUT2D eigenvalue weighted by Crippen LogP contribution is -2.40. The van der Waals surface area contributed by atoms with Crippen LogP contribution < -0.4 is 9.46 Å². The molecule has 1 aromatic rings. The molecule has 31 heavy (non-hydrogen) atoms. The summed E-state index contributed by atoms with van der Waals surface area (Å²) in [6.45, 7) is 6.98. The smallest absolute Gasteiger partial charge is 0.410 e. The van der Waals surface area contributed by atoms with Crippen molar-refractivity contribution in [2.24, 2.45) is 11.8 Å². The lowest BCUT2D eigenvalue weighted by Gasteiger charge is -2.26. The van der Waals surface area contributed by atoms with E-state index in [-0.39, 0.29) is 34.9 Å². The van der Waals surface area contributed by atoms with Crippen LogP contribution in [0.25, 0.3) is 0 Å².